The van der Waals surface area contributed by atoms with Crippen LogP contribution < -0.4 is 10.6 Å². The maximum atomic E-state index is 6.17. The topological polar surface area (TPSA) is 8.17 Å². The quantitative estimate of drug-likeness (QED) is 0.339. The summed E-state index contributed by atoms with van der Waals surface area (Å²) in [5, 5.41) is 4.25. The number of benzene rings is 1. The first-order valence-corrected chi connectivity index (χ1v) is 12.5. The maximum Gasteiger partial charge on any atom is 0.0504 e. The van der Waals surface area contributed by atoms with E-state index in [-0.39, 0.29) is 0 Å². The Bertz CT molecular complexity index is 1050. The van der Waals surface area contributed by atoms with E-state index in [2.05, 4.69) is 111 Å². The van der Waals surface area contributed by atoms with Gasteiger partial charge in [0.2, 0.25) is 0 Å². The fourth-order valence-electron chi connectivity index (χ4n) is 4.67. The van der Waals surface area contributed by atoms with Crippen LogP contribution in [0.15, 0.2) is 41.5 Å². The van der Waals surface area contributed by atoms with Crippen LogP contribution in [0.1, 0.15) is 25.8 Å². The van der Waals surface area contributed by atoms with Crippen molar-refractivity contribution in [2.24, 2.45) is 5.92 Å². The normalized spacial score (nSPS) is 25.2. The van der Waals surface area contributed by atoms with Crippen molar-refractivity contribution in [2.75, 3.05) is 13.1 Å². The van der Waals surface area contributed by atoms with Crippen molar-refractivity contribution in [3.05, 3.63) is 55.6 Å². The van der Waals surface area contributed by atoms with Crippen molar-refractivity contribution in [3.63, 3.8) is 0 Å². The largest absolute Gasteiger partial charge is 0.338 e. The van der Waals surface area contributed by atoms with Gasteiger partial charge in [-0.2, -0.15) is 0 Å². The highest BCUT2D eigenvalue weighted by Gasteiger charge is 2.31. The number of alkyl halides is 1. The van der Waals surface area contributed by atoms with Gasteiger partial charge in [-0.05, 0) is 65.8 Å². The second-order valence-corrected chi connectivity index (χ2v) is 11.0. The summed E-state index contributed by atoms with van der Waals surface area (Å²) in [5.41, 5.74) is 1.29. The van der Waals surface area contributed by atoms with Gasteiger partial charge >= 0.3 is 0 Å². The minimum absolute atomic E-state index is 0.457. The zero-order valence-corrected chi connectivity index (χ0v) is 21.1. The second-order valence-electron chi connectivity index (χ2n) is 7.90. The molecule has 2 nitrogen and oxygen atoms in total. The van der Waals surface area contributed by atoms with E-state index in [1.807, 2.05) is 0 Å². The van der Waals surface area contributed by atoms with E-state index < -0.39 is 0 Å². The Morgan fingerprint density at radius 1 is 1.21 bits per heavy atom. The predicted octanol–water partition coefficient (Wildman–Crippen LogP) is 5.20. The van der Waals surface area contributed by atoms with Crippen LogP contribution in [0.5, 0.6) is 0 Å². The Morgan fingerprint density at radius 3 is 2.61 bits per heavy atom. The van der Waals surface area contributed by atoms with Crippen LogP contribution in [0.25, 0.3) is 24.1 Å². The lowest BCUT2D eigenvalue weighted by atomic mass is 9.90. The van der Waals surface area contributed by atoms with Crippen molar-refractivity contribution in [1.82, 2.24) is 9.47 Å². The highest BCUT2D eigenvalue weighted by Crippen LogP contribution is 2.33. The molecule has 1 aromatic heterocycles. The minimum Gasteiger partial charge on any atom is -0.338 e. The third-order valence-electron chi connectivity index (χ3n) is 6.34. The first-order valence-electron chi connectivity index (χ1n) is 9.78. The van der Waals surface area contributed by atoms with E-state index in [0.29, 0.717) is 21.9 Å². The molecule has 4 rings (SSSR count). The molecule has 0 bridgehead atoms. The first-order chi connectivity index (χ1) is 13.4. The number of likely N-dealkylation sites (tertiary alicyclic amines) is 1. The molecule has 0 radical (unpaired) electrons. The number of hydrogen-bond donors (Lipinski definition) is 0. The van der Waals surface area contributed by atoms with Gasteiger partial charge in [0.1, 0.15) is 0 Å². The highest BCUT2D eigenvalue weighted by atomic mass is 127. The van der Waals surface area contributed by atoms with Crippen LogP contribution in [0.2, 0.25) is 0 Å². The zero-order valence-electron chi connectivity index (χ0n) is 16.0. The molecular formula is C23H25ClI2N2. The molecule has 0 saturated carbocycles. The Morgan fingerprint density at radius 2 is 1.93 bits per heavy atom. The average Bonchev–Trinajstić information content (AvgIpc) is 2.91. The Hall–Kier alpha value is -0.310. The predicted molar refractivity (Wildman–Crippen MR) is 139 cm³/mol. The summed E-state index contributed by atoms with van der Waals surface area (Å²) in [6, 6.07) is 7.64. The number of halogens is 3. The van der Waals surface area contributed by atoms with E-state index in [0.717, 1.165) is 41.5 Å². The fourth-order valence-corrected chi connectivity index (χ4v) is 6.80. The Balaban J connectivity index is 1.52. The SMILES string of the molecule is C=c1c(=C)n(C2CCN(C(C)C3C=CC(Cl)=C[C@H]3I)CC2)c2cc(I)ccc12. The van der Waals surface area contributed by atoms with Gasteiger partial charge in [-0.3, -0.25) is 4.90 Å². The van der Waals surface area contributed by atoms with Crippen molar-refractivity contribution < 1.29 is 0 Å². The van der Waals surface area contributed by atoms with Crippen molar-refractivity contribution >= 4 is 80.8 Å². The molecule has 2 unspecified atom stereocenters. The summed E-state index contributed by atoms with van der Waals surface area (Å²) < 4.78 is 4.17. The van der Waals surface area contributed by atoms with Gasteiger partial charge in [-0.15, -0.1) is 0 Å². The molecule has 1 aliphatic heterocycles. The number of fused-ring (bicyclic) bond motifs is 1. The Labute approximate surface area is 199 Å². The lowest BCUT2D eigenvalue weighted by molar-refractivity contribution is 0.122. The van der Waals surface area contributed by atoms with Gasteiger partial charge in [0, 0.05) is 54.4 Å². The van der Waals surface area contributed by atoms with E-state index in [9.17, 15) is 0 Å². The molecule has 2 heterocycles. The molecule has 2 aromatic rings. The van der Waals surface area contributed by atoms with E-state index >= 15 is 0 Å². The van der Waals surface area contributed by atoms with Crippen LogP contribution in [0, 0.1) is 9.49 Å². The molecule has 148 valence electrons. The maximum absolute atomic E-state index is 6.17. The lowest BCUT2D eigenvalue weighted by Gasteiger charge is -2.40. The zero-order chi connectivity index (χ0) is 20.0. The molecule has 5 heteroatoms. The van der Waals surface area contributed by atoms with Gasteiger partial charge < -0.3 is 4.57 Å². The molecule has 0 amide bonds. The summed E-state index contributed by atoms with van der Waals surface area (Å²) in [6.07, 6.45) is 8.83. The number of rotatable bonds is 3. The van der Waals surface area contributed by atoms with Crippen molar-refractivity contribution in [1.29, 1.82) is 0 Å². The first kappa shape index (κ1) is 20.9. The van der Waals surface area contributed by atoms with Gasteiger partial charge in [-0.1, -0.05) is 65.6 Å². The van der Waals surface area contributed by atoms with Crippen LogP contribution in [0.3, 0.4) is 0 Å². The van der Waals surface area contributed by atoms with E-state index in [4.69, 9.17) is 11.6 Å². The van der Waals surface area contributed by atoms with Crippen molar-refractivity contribution in [2.45, 2.75) is 35.8 Å². The molecule has 0 spiro atoms. The number of hydrogen-bond acceptors (Lipinski definition) is 1. The molecule has 1 aromatic carbocycles. The van der Waals surface area contributed by atoms with Crippen LogP contribution in [-0.4, -0.2) is 32.5 Å². The van der Waals surface area contributed by atoms with Crippen LogP contribution in [-0.2, 0) is 0 Å². The standard InChI is InChI=1S/C23H25ClI2N2/c1-14-15(2)28(23-13-18(25)5-7-20(14)23)19-8-10-27(11-9-19)16(3)21-6-4-17(24)12-22(21)26/h4-7,12-13,16,19,21-22H,1-2,8-11H2,3H3/t16?,21?,22-/m1/s1. The van der Waals surface area contributed by atoms with Gasteiger partial charge in [0.25, 0.3) is 0 Å². The van der Waals surface area contributed by atoms with Gasteiger partial charge in [0.15, 0.2) is 0 Å². The average molecular weight is 619 g/mol. The van der Waals surface area contributed by atoms with Crippen molar-refractivity contribution in [3.8, 4) is 0 Å². The number of aromatic nitrogens is 1. The van der Waals surface area contributed by atoms with Gasteiger partial charge in [0.05, 0.1) is 5.52 Å². The Kier molecular flexibility index (Phi) is 6.31. The smallest absolute Gasteiger partial charge is 0.0504 e. The fraction of sp³-hybridized carbons (Fsp3) is 0.391. The summed E-state index contributed by atoms with van der Waals surface area (Å²) in [4.78, 5) is 2.65. The number of piperidine rings is 1. The molecular weight excluding hydrogens is 594 g/mol. The third-order valence-corrected chi connectivity index (χ3v) is 8.46. The highest BCUT2D eigenvalue weighted by molar-refractivity contribution is 14.1. The molecule has 1 saturated heterocycles. The van der Waals surface area contributed by atoms with E-state index in [1.165, 1.54) is 14.5 Å². The number of allylic oxidation sites excluding steroid dienone is 3. The summed E-state index contributed by atoms with van der Waals surface area (Å²) in [6.45, 7) is 13.3. The van der Waals surface area contributed by atoms with E-state index in [1.54, 1.807) is 0 Å². The van der Waals surface area contributed by atoms with Crippen LogP contribution >= 0.6 is 56.8 Å². The molecule has 3 atom stereocenters. The molecule has 0 N–H and O–H groups in total. The molecule has 1 aliphatic carbocycles. The summed E-state index contributed by atoms with van der Waals surface area (Å²) >= 11 is 11.1. The summed E-state index contributed by atoms with van der Waals surface area (Å²) in [5.74, 6) is 0.517. The third kappa shape index (κ3) is 3.86. The number of nitrogens with zero attached hydrogens (tertiary/aromatic N) is 2. The summed E-state index contributed by atoms with van der Waals surface area (Å²) in [7, 11) is 0. The lowest BCUT2D eigenvalue weighted by Crippen LogP contribution is -2.46. The molecule has 1 fully saturated rings. The second kappa shape index (κ2) is 8.44. The monoisotopic (exact) mass is 618 g/mol. The molecule has 2 aliphatic rings. The minimum atomic E-state index is 0.457. The molecule has 28 heavy (non-hydrogen) atoms. The van der Waals surface area contributed by atoms with Gasteiger partial charge in [-0.25, -0.2) is 0 Å². The van der Waals surface area contributed by atoms with Crippen LogP contribution in [0.4, 0.5) is 0 Å².